The Labute approximate surface area is 184 Å². The number of carbonyl (C=O) groups excluding carboxylic acids is 1. The summed E-state index contributed by atoms with van der Waals surface area (Å²) in [5, 5.41) is 10.2. The fourth-order valence-corrected chi connectivity index (χ4v) is 8.22. The van der Waals surface area contributed by atoms with Gasteiger partial charge >= 0.3 is 0 Å². The van der Waals surface area contributed by atoms with E-state index < -0.39 is 0 Å². The molecule has 3 saturated carbocycles. The zero-order chi connectivity index (χ0) is 21.8. The molecule has 168 valence electrons. The van der Waals surface area contributed by atoms with Crippen molar-refractivity contribution in [1.29, 1.82) is 0 Å². The van der Waals surface area contributed by atoms with Crippen LogP contribution in [0.1, 0.15) is 92.9 Å². The Morgan fingerprint density at radius 1 is 1.10 bits per heavy atom. The second kappa shape index (κ2) is 7.91. The van der Waals surface area contributed by atoms with Crippen molar-refractivity contribution in [2.45, 2.75) is 99.0 Å². The van der Waals surface area contributed by atoms with Crippen LogP contribution in [-0.4, -0.2) is 17.0 Å². The second-order valence-corrected chi connectivity index (χ2v) is 12.1. The highest BCUT2D eigenvalue weighted by atomic mass is 16.3. The largest absolute Gasteiger partial charge is 0.393 e. The van der Waals surface area contributed by atoms with Gasteiger partial charge in [-0.25, -0.2) is 0 Å². The molecule has 0 radical (unpaired) electrons. The van der Waals surface area contributed by atoms with E-state index in [9.17, 15) is 9.90 Å². The molecule has 30 heavy (non-hydrogen) atoms. The van der Waals surface area contributed by atoms with E-state index in [-0.39, 0.29) is 12.0 Å². The second-order valence-electron chi connectivity index (χ2n) is 12.1. The molecule has 3 fully saturated rings. The number of hydrogen-bond acceptors (Lipinski definition) is 2. The maximum absolute atomic E-state index is 13.1. The van der Waals surface area contributed by atoms with Crippen molar-refractivity contribution in [2.24, 2.45) is 46.3 Å². The Hall–Kier alpha value is -0.890. The summed E-state index contributed by atoms with van der Waals surface area (Å²) < 4.78 is 0. The van der Waals surface area contributed by atoms with Gasteiger partial charge in [-0.1, -0.05) is 51.8 Å². The van der Waals surface area contributed by atoms with Gasteiger partial charge in [-0.3, -0.25) is 4.79 Å². The van der Waals surface area contributed by atoms with Gasteiger partial charge in [0.2, 0.25) is 0 Å². The van der Waals surface area contributed by atoms with E-state index in [4.69, 9.17) is 0 Å². The molecule has 4 aliphatic rings. The molecule has 1 N–H and O–H groups in total. The first-order chi connectivity index (χ1) is 14.1. The number of carbonyl (C=O) groups is 1. The lowest BCUT2D eigenvalue weighted by Gasteiger charge is -2.58. The Morgan fingerprint density at radius 3 is 2.53 bits per heavy atom. The average molecular weight is 413 g/mol. The minimum absolute atomic E-state index is 0.125. The Kier molecular flexibility index (Phi) is 5.88. The third-order valence-electron chi connectivity index (χ3n) is 10.5. The van der Waals surface area contributed by atoms with Gasteiger partial charge in [-0.2, -0.15) is 0 Å². The third-order valence-corrected chi connectivity index (χ3v) is 10.5. The molecule has 2 nitrogen and oxygen atoms in total. The van der Waals surface area contributed by atoms with Gasteiger partial charge in [0.05, 0.1) is 6.10 Å². The summed E-state index contributed by atoms with van der Waals surface area (Å²) in [6.07, 6.45) is 13.7. The van der Waals surface area contributed by atoms with Crippen LogP contribution in [0.5, 0.6) is 0 Å². The van der Waals surface area contributed by atoms with Gasteiger partial charge in [0, 0.05) is 5.92 Å². The standard InChI is InChI=1S/C28H44O2/c1-17(2)18(3)15-26(30)19(4)23-9-10-24-22-8-7-20-16-21(29)11-13-27(20,5)25(22)12-14-28(23,24)6/h7,15,17,19,21-25,29H,8-14,16H2,1-6H3/b18-15+/t19-,21-,22-,23+,24-,25-,27-,28+/m0/s1. The van der Waals surface area contributed by atoms with Crippen LogP contribution in [0.3, 0.4) is 0 Å². The molecule has 0 spiro atoms. The first kappa shape index (κ1) is 22.3. The van der Waals surface area contributed by atoms with Crippen molar-refractivity contribution in [3.63, 3.8) is 0 Å². The van der Waals surface area contributed by atoms with E-state index in [1.807, 2.05) is 6.08 Å². The van der Waals surface area contributed by atoms with E-state index in [1.165, 1.54) is 37.7 Å². The lowest BCUT2D eigenvalue weighted by atomic mass is 9.47. The molecule has 0 heterocycles. The monoisotopic (exact) mass is 412 g/mol. The van der Waals surface area contributed by atoms with Gasteiger partial charge in [-0.05, 0) is 105 Å². The highest BCUT2D eigenvalue weighted by molar-refractivity contribution is 5.92. The van der Waals surface area contributed by atoms with Crippen LogP contribution in [-0.2, 0) is 4.79 Å². The molecule has 0 amide bonds. The SMILES string of the molecule is C/C(=C\C(=O)[C@@H](C)[C@H]1CC[C@H]2[C@@H]3CC=C4C[C@@H](O)CC[C@]4(C)[C@H]3CC[C@]12C)C(C)C. The molecule has 0 bridgehead atoms. The van der Waals surface area contributed by atoms with E-state index in [2.05, 4.69) is 47.6 Å². The smallest absolute Gasteiger partial charge is 0.158 e. The molecule has 4 aliphatic carbocycles. The molecule has 0 aromatic carbocycles. The number of rotatable bonds is 4. The molecule has 0 aromatic heterocycles. The van der Waals surface area contributed by atoms with E-state index in [1.54, 1.807) is 5.57 Å². The predicted molar refractivity (Wildman–Crippen MR) is 124 cm³/mol. The van der Waals surface area contributed by atoms with Crippen molar-refractivity contribution in [2.75, 3.05) is 0 Å². The molecular weight excluding hydrogens is 368 g/mol. The fraction of sp³-hybridized carbons (Fsp3) is 0.821. The normalized spacial score (nSPS) is 44.7. The molecular formula is C28H44O2. The van der Waals surface area contributed by atoms with Crippen molar-refractivity contribution in [1.82, 2.24) is 0 Å². The minimum Gasteiger partial charge on any atom is -0.393 e. The Bertz CT molecular complexity index is 746. The van der Waals surface area contributed by atoms with Crippen LogP contribution < -0.4 is 0 Å². The predicted octanol–water partition coefficient (Wildman–Crippen LogP) is 6.73. The van der Waals surface area contributed by atoms with Crippen LogP contribution >= 0.6 is 0 Å². The zero-order valence-electron chi connectivity index (χ0n) is 20.2. The lowest BCUT2D eigenvalue weighted by Crippen LogP contribution is -2.51. The molecule has 0 aromatic rings. The maximum atomic E-state index is 13.1. The van der Waals surface area contributed by atoms with Crippen LogP contribution in [0.2, 0.25) is 0 Å². The number of aliphatic hydroxyl groups excluding tert-OH is 1. The summed E-state index contributed by atoms with van der Waals surface area (Å²) in [7, 11) is 0. The van der Waals surface area contributed by atoms with Crippen LogP contribution in [0.4, 0.5) is 0 Å². The first-order valence-corrected chi connectivity index (χ1v) is 12.7. The van der Waals surface area contributed by atoms with Crippen LogP contribution in [0, 0.1) is 46.3 Å². The Balaban J connectivity index is 1.56. The molecule has 8 atom stereocenters. The topological polar surface area (TPSA) is 37.3 Å². The van der Waals surface area contributed by atoms with Crippen molar-refractivity contribution >= 4 is 5.78 Å². The van der Waals surface area contributed by atoms with Gasteiger partial charge < -0.3 is 5.11 Å². The Morgan fingerprint density at radius 2 is 1.83 bits per heavy atom. The molecule has 2 heteroatoms. The lowest BCUT2D eigenvalue weighted by molar-refractivity contribution is -0.122. The van der Waals surface area contributed by atoms with Gasteiger partial charge in [0.15, 0.2) is 5.78 Å². The molecule has 0 unspecified atom stereocenters. The first-order valence-electron chi connectivity index (χ1n) is 12.7. The summed E-state index contributed by atoms with van der Waals surface area (Å²) in [4.78, 5) is 13.1. The summed E-state index contributed by atoms with van der Waals surface area (Å²) in [6, 6.07) is 0. The van der Waals surface area contributed by atoms with Crippen molar-refractivity contribution in [3.05, 3.63) is 23.3 Å². The average Bonchev–Trinajstić information content (AvgIpc) is 3.04. The van der Waals surface area contributed by atoms with Gasteiger partial charge in [-0.15, -0.1) is 0 Å². The van der Waals surface area contributed by atoms with E-state index in [0.717, 1.165) is 37.0 Å². The van der Waals surface area contributed by atoms with Gasteiger partial charge in [0.1, 0.15) is 0 Å². The van der Waals surface area contributed by atoms with Gasteiger partial charge in [0.25, 0.3) is 0 Å². The highest BCUT2D eigenvalue weighted by Gasteiger charge is 2.59. The number of ketones is 1. The van der Waals surface area contributed by atoms with Crippen LogP contribution in [0.15, 0.2) is 23.3 Å². The van der Waals surface area contributed by atoms with Crippen LogP contribution in [0.25, 0.3) is 0 Å². The number of hydrogen-bond donors (Lipinski definition) is 1. The van der Waals surface area contributed by atoms with Crippen molar-refractivity contribution in [3.8, 4) is 0 Å². The number of fused-ring (bicyclic) bond motifs is 5. The number of allylic oxidation sites excluding steroid dienone is 3. The number of aliphatic hydroxyl groups is 1. The molecule has 0 saturated heterocycles. The van der Waals surface area contributed by atoms with Crippen molar-refractivity contribution < 1.29 is 9.90 Å². The summed E-state index contributed by atoms with van der Waals surface area (Å²) >= 11 is 0. The van der Waals surface area contributed by atoms with E-state index >= 15 is 0 Å². The molecule has 0 aliphatic heterocycles. The minimum atomic E-state index is -0.125. The zero-order valence-corrected chi connectivity index (χ0v) is 20.2. The quantitative estimate of drug-likeness (QED) is 0.410. The highest BCUT2D eigenvalue weighted by Crippen LogP contribution is 2.67. The summed E-state index contributed by atoms with van der Waals surface area (Å²) in [5.74, 6) is 3.77. The maximum Gasteiger partial charge on any atom is 0.158 e. The fourth-order valence-electron chi connectivity index (χ4n) is 8.22. The van der Waals surface area contributed by atoms with E-state index in [0.29, 0.717) is 28.4 Å². The summed E-state index contributed by atoms with van der Waals surface area (Å²) in [6.45, 7) is 13.7. The summed E-state index contributed by atoms with van der Waals surface area (Å²) in [5.41, 5.74) is 3.39. The molecule has 4 rings (SSSR count). The third kappa shape index (κ3) is 3.46.